The second-order valence-electron chi connectivity index (χ2n) is 7.34. The number of hydrogen-bond donors (Lipinski definition) is 1. The van der Waals surface area contributed by atoms with Gasteiger partial charge in [0.25, 0.3) is 0 Å². The van der Waals surface area contributed by atoms with Crippen molar-refractivity contribution in [1.82, 2.24) is 20.0 Å². The third kappa shape index (κ3) is 4.24. The smallest absolute Gasteiger partial charge is 0.240 e. The number of nitrogens with zero attached hydrogens (tertiary/aromatic N) is 3. The van der Waals surface area contributed by atoms with E-state index in [0.29, 0.717) is 6.42 Å². The molecule has 2 saturated heterocycles. The Morgan fingerprint density at radius 3 is 2.46 bits per heavy atom. The molecule has 0 bridgehead atoms. The third-order valence-electron chi connectivity index (χ3n) is 5.62. The maximum Gasteiger partial charge on any atom is 0.240 e. The maximum atomic E-state index is 13.1. The molecule has 26 heavy (non-hydrogen) atoms. The molecule has 0 aromatic heterocycles. The first kappa shape index (κ1) is 18.9. The summed E-state index contributed by atoms with van der Waals surface area (Å²) in [5, 5.41) is 2.79. The quantitative estimate of drug-likeness (QED) is 0.837. The number of rotatable bonds is 5. The maximum absolute atomic E-state index is 13.1. The summed E-state index contributed by atoms with van der Waals surface area (Å²) in [6.45, 7) is 4.20. The van der Waals surface area contributed by atoms with Crippen molar-refractivity contribution in [2.75, 3.05) is 46.8 Å². The van der Waals surface area contributed by atoms with Crippen LogP contribution in [0, 0.1) is 0 Å². The fraction of sp³-hybridized carbons (Fsp3) is 0.600. The van der Waals surface area contributed by atoms with Gasteiger partial charge in [-0.15, -0.1) is 0 Å². The Balaban J connectivity index is 1.74. The zero-order chi connectivity index (χ0) is 18.5. The predicted molar refractivity (Wildman–Crippen MR) is 102 cm³/mol. The normalized spacial score (nSPS) is 23.0. The Hall–Kier alpha value is -1.92. The largest absolute Gasteiger partial charge is 0.358 e. The summed E-state index contributed by atoms with van der Waals surface area (Å²) >= 11 is 0. The van der Waals surface area contributed by atoms with Crippen LogP contribution in [0.25, 0.3) is 0 Å². The van der Waals surface area contributed by atoms with Crippen LogP contribution in [0.5, 0.6) is 0 Å². The average Bonchev–Trinajstić information content (AvgIpc) is 3.16. The minimum absolute atomic E-state index is 0.00747. The Labute approximate surface area is 156 Å². The molecule has 1 aromatic rings. The lowest BCUT2D eigenvalue weighted by Crippen LogP contribution is -2.57. The van der Waals surface area contributed by atoms with Crippen molar-refractivity contribution in [2.45, 2.75) is 31.3 Å². The Morgan fingerprint density at radius 2 is 1.81 bits per heavy atom. The van der Waals surface area contributed by atoms with E-state index in [1.54, 1.807) is 7.05 Å². The number of likely N-dealkylation sites (tertiary alicyclic amines) is 1. The lowest BCUT2D eigenvalue weighted by Gasteiger charge is -2.37. The van der Waals surface area contributed by atoms with Crippen LogP contribution in [0.4, 0.5) is 0 Å². The molecule has 1 aromatic carbocycles. The van der Waals surface area contributed by atoms with E-state index < -0.39 is 0 Å². The zero-order valence-corrected chi connectivity index (χ0v) is 15.9. The van der Waals surface area contributed by atoms with Crippen molar-refractivity contribution < 1.29 is 9.59 Å². The molecule has 2 aliphatic heterocycles. The summed E-state index contributed by atoms with van der Waals surface area (Å²) in [5.74, 6) is 0.185. The van der Waals surface area contributed by atoms with Gasteiger partial charge in [0.15, 0.2) is 0 Å². The Bertz CT molecular complexity index is 613. The van der Waals surface area contributed by atoms with Gasteiger partial charge in [0.05, 0.1) is 12.1 Å². The van der Waals surface area contributed by atoms with Crippen molar-refractivity contribution in [1.29, 1.82) is 0 Å². The van der Waals surface area contributed by atoms with E-state index in [0.717, 1.165) is 51.1 Å². The van der Waals surface area contributed by atoms with Crippen LogP contribution in [0.3, 0.4) is 0 Å². The fourth-order valence-corrected chi connectivity index (χ4v) is 4.03. The minimum Gasteiger partial charge on any atom is -0.358 e. The lowest BCUT2D eigenvalue weighted by atomic mass is 10.0. The molecule has 3 rings (SSSR count). The highest BCUT2D eigenvalue weighted by Crippen LogP contribution is 2.24. The lowest BCUT2D eigenvalue weighted by molar-refractivity contribution is -0.140. The van der Waals surface area contributed by atoms with E-state index in [4.69, 9.17) is 0 Å². The summed E-state index contributed by atoms with van der Waals surface area (Å²) < 4.78 is 0. The number of hydrogen-bond acceptors (Lipinski definition) is 4. The fourth-order valence-electron chi connectivity index (χ4n) is 4.03. The highest BCUT2D eigenvalue weighted by molar-refractivity contribution is 5.86. The number of amides is 2. The number of benzene rings is 1. The van der Waals surface area contributed by atoms with Gasteiger partial charge in [-0.1, -0.05) is 30.3 Å². The topological polar surface area (TPSA) is 55.9 Å². The summed E-state index contributed by atoms with van der Waals surface area (Å²) in [7, 11) is 3.76. The Morgan fingerprint density at radius 1 is 1.12 bits per heavy atom. The first-order valence-electron chi connectivity index (χ1n) is 9.58. The molecule has 0 aliphatic carbocycles. The molecule has 142 valence electrons. The molecule has 6 nitrogen and oxygen atoms in total. The molecule has 0 unspecified atom stereocenters. The van der Waals surface area contributed by atoms with Gasteiger partial charge < -0.3 is 15.1 Å². The van der Waals surface area contributed by atoms with Crippen LogP contribution in [0.15, 0.2) is 30.3 Å². The van der Waals surface area contributed by atoms with Crippen LogP contribution in [0.2, 0.25) is 0 Å². The van der Waals surface area contributed by atoms with Crippen LogP contribution < -0.4 is 5.32 Å². The van der Waals surface area contributed by atoms with Crippen LogP contribution in [0.1, 0.15) is 18.4 Å². The first-order chi connectivity index (χ1) is 12.6. The van der Waals surface area contributed by atoms with Gasteiger partial charge in [-0.3, -0.25) is 14.5 Å². The second kappa shape index (κ2) is 8.64. The molecule has 0 radical (unpaired) electrons. The monoisotopic (exact) mass is 358 g/mol. The van der Waals surface area contributed by atoms with E-state index in [9.17, 15) is 9.59 Å². The zero-order valence-electron chi connectivity index (χ0n) is 15.9. The van der Waals surface area contributed by atoms with Gasteiger partial charge in [-0.05, 0) is 38.4 Å². The van der Waals surface area contributed by atoms with Crippen LogP contribution >= 0.6 is 0 Å². The average molecular weight is 358 g/mol. The van der Waals surface area contributed by atoms with Gasteiger partial charge in [-0.25, -0.2) is 0 Å². The molecular formula is C20H30N4O2. The molecule has 2 amide bonds. The number of carbonyl (C=O) groups excluding carboxylic acids is 2. The highest BCUT2D eigenvalue weighted by Gasteiger charge is 2.40. The van der Waals surface area contributed by atoms with Crippen molar-refractivity contribution in [3.63, 3.8) is 0 Å². The predicted octanol–water partition coefficient (Wildman–Crippen LogP) is 0.582. The minimum atomic E-state index is -0.300. The standard InChI is InChI=1S/C20H30N4O2/c1-21-19(25)18(15-16-7-4-3-5-8-16)24-10-6-9-17(24)20(26)23-13-11-22(2)12-14-23/h3-5,7-8,17-18H,6,9-15H2,1-2H3,(H,21,25)/t17-,18+/m0/s1. The van der Waals surface area contributed by atoms with E-state index in [-0.39, 0.29) is 23.9 Å². The molecule has 0 saturated carbocycles. The number of piperazine rings is 1. The van der Waals surface area contributed by atoms with Crippen molar-refractivity contribution in [2.24, 2.45) is 0 Å². The molecule has 2 aliphatic rings. The summed E-state index contributed by atoms with van der Waals surface area (Å²) in [4.78, 5) is 32.1. The SMILES string of the molecule is CNC(=O)[C@@H](Cc1ccccc1)N1CCC[C@H]1C(=O)N1CCN(C)CC1. The summed E-state index contributed by atoms with van der Waals surface area (Å²) in [6.07, 6.45) is 2.44. The van der Waals surface area contributed by atoms with Crippen LogP contribution in [-0.4, -0.2) is 85.4 Å². The van der Waals surface area contributed by atoms with Crippen molar-refractivity contribution >= 4 is 11.8 Å². The molecule has 6 heteroatoms. The van der Waals surface area contributed by atoms with Gasteiger partial charge in [0, 0.05) is 33.2 Å². The van der Waals surface area contributed by atoms with Crippen LogP contribution in [-0.2, 0) is 16.0 Å². The van der Waals surface area contributed by atoms with E-state index in [1.165, 1.54) is 0 Å². The first-order valence-corrected chi connectivity index (χ1v) is 9.58. The number of carbonyl (C=O) groups is 2. The second-order valence-corrected chi connectivity index (χ2v) is 7.34. The molecule has 1 N–H and O–H groups in total. The molecular weight excluding hydrogens is 328 g/mol. The van der Waals surface area contributed by atoms with Crippen molar-refractivity contribution in [3.05, 3.63) is 35.9 Å². The third-order valence-corrected chi connectivity index (χ3v) is 5.62. The van der Waals surface area contributed by atoms with E-state index in [1.807, 2.05) is 35.2 Å². The summed E-state index contributed by atoms with van der Waals surface area (Å²) in [5.41, 5.74) is 1.12. The van der Waals surface area contributed by atoms with Gasteiger partial charge >= 0.3 is 0 Å². The molecule has 2 fully saturated rings. The number of likely N-dealkylation sites (N-methyl/N-ethyl adjacent to an activating group) is 2. The van der Waals surface area contributed by atoms with Gasteiger partial charge in [0.1, 0.15) is 0 Å². The van der Waals surface area contributed by atoms with E-state index in [2.05, 4.69) is 22.2 Å². The van der Waals surface area contributed by atoms with Crippen molar-refractivity contribution in [3.8, 4) is 0 Å². The molecule has 2 heterocycles. The molecule has 2 atom stereocenters. The van der Waals surface area contributed by atoms with E-state index >= 15 is 0 Å². The molecule has 0 spiro atoms. The number of nitrogens with one attached hydrogen (secondary N) is 1. The van der Waals surface area contributed by atoms with Gasteiger partial charge in [0.2, 0.25) is 11.8 Å². The summed E-state index contributed by atoms with van der Waals surface area (Å²) in [6, 6.07) is 9.58. The van der Waals surface area contributed by atoms with Gasteiger partial charge in [-0.2, -0.15) is 0 Å². The Kier molecular flexibility index (Phi) is 6.27. The highest BCUT2D eigenvalue weighted by atomic mass is 16.2.